The summed E-state index contributed by atoms with van der Waals surface area (Å²) in [6, 6.07) is 4.29. The van der Waals surface area contributed by atoms with Gasteiger partial charge in [-0.25, -0.2) is 4.98 Å². The Morgan fingerprint density at radius 1 is 1.56 bits per heavy atom. The average Bonchev–Trinajstić information content (AvgIpc) is 2.86. The van der Waals surface area contributed by atoms with Gasteiger partial charge >= 0.3 is 0 Å². The van der Waals surface area contributed by atoms with Crippen LogP contribution in [0.15, 0.2) is 23.8 Å². The SMILES string of the molecule is CC(C)(C#N)Cc1nc(-c2cc[nH]c2)cs1. The van der Waals surface area contributed by atoms with E-state index < -0.39 is 0 Å². The lowest BCUT2D eigenvalue weighted by molar-refractivity contribution is 0.492. The molecule has 0 saturated heterocycles. The van der Waals surface area contributed by atoms with Crippen molar-refractivity contribution in [3.05, 3.63) is 28.8 Å². The molecule has 16 heavy (non-hydrogen) atoms. The smallest absolute Gasteiger partial charge is 0.0948 e. The predicted octanol–water partition coefficient (Wildman–Crippen LogP) is 3.23. The van der Waals surface area contributed by atoms with Crippen LogP contribution < -0.4 is 0 Å². The van der Waals surface area contributed by atoms with Crippen molar-refractivity contribution in [2.24, 2.45) is 5.41 Å². The molecule has 0 amide bonds. The molecule has 0 atom stereocenters. The summed E-state index contributed by atoms with van der Waals surface area (Å²) in [6.07, 6.45) is 4.51. The molecule has 82 valence electrons. The molecule has 0 saturated carbocycles. The maximum Gasteiger partial charge on any atom is 0.0948 e. The quantitative estimate of drug-likeness (QED) is 0.881. The predicted molar refractivity (Wildman–Crippen MR) is 65.0 cm³/mol. The number of nitrogens with one attached hydrogen (secondary N) is 1. The van der Waals surface area contributed by atoms with Crippen molar-refractivity contribution in [2.75, 3.05) is 0 Å². The number of aromatic nitrogens is 2. The zero-order valence-electron chi connectivity index (χ0n) is 9.32. The van der Waals surface area contributed by atoms with Gasteiger partial charge in [0.25, 0.3) is 0 Å². The number of hydrogen-bond donors (Lipinski definition) is 1. The van der Waals surface area contributed by atoms with Crippen LogP contribution in [-0.4, -0.2) is 9.97 Å². The number of thiazole rings is 1. The first-order valence-corrected chi connectivity index (χ1v) is 5.97. The highest BCUT2D eigenvalue weighted by Crippen LogP contribution is 2.26. The van der Waals surface area contributed by atoms with E-state index >= 15 is 0 Å². The third-order valence-corrected chi connectivity index (χ3v) is 3.19. The summed E-state index contributed by atoms with van der Waals surface area (Å²) in [6.45, 7) is 3.87. The van der Waals surface area contributed by atoms with Gasteiger partial charge in [0.05, 0.1) is 22.2 Å². The minimum absolute atomic E-state index is 0.340. The van der Waals surface area contributed by atoms with Crippen molar-refractivity contribution in [1.29, 1.82) is 5.26 Å². The van der Waals surface area contributed by atoms with E-state index in [-0.39, 0.29) is 5.41 Å². The molecule has 2 aromatic rings. The summed E-state index contributed by atoms with van der Waals surface area (Å²) in [4.78, 5) is 7.54. The number of nitriles is 1. The molecule has 2 rings (SSSR count). The molecule has 0 fully saturated rings. The molecule has 0 aliphatic carbocycles. The van der Waals surface area contributed by atoms with Crippen LogP contribution in [0, 0.1) is 16.7 Å². The molecule has 0 aliphatic heterocycles. The Labute approximate surface area is 98.8 Å². The molecule has 0 unspecified atom stereocenters. The Bertz CT molecular complexity index is 503. The van der Waals surface area contributed by atoms with E-state index in [1.807, 2.05) is 37.7 Å². The van der Waals surface area contributed by atoms with Crippen LogP contribution in [0.25, 0.3) is 11.3 Å². The van der Waals surface area contributed by atoms with E-state index in [2.05, 4.69) is 16.0 Å². The zero-order chi connectivity index (χ0) is 11.6. The lowest BCUT2D eigenvalue weighted by Gasteiger charge is -2.11. The molecule has 1 N–H and O–H groups in total. The van der Waals surface area contributed by atoms with Gasteiger partial charge in [-0.05, 0) is 19.9 Å². The van der Waals surface area contributed by atoms with Crippen LogP contribution in [0.4, 0.5) is 0 Å². The van der Waals surface area contributed by atoms with E-state index in [9.17, 15) is 0 Å². The minimum atomic E-state index is -0.340. The van der Waals surface area contributed by atoms with Gasteiger partial charge < -0.3 is 4.98 Å². The molecular formula is C12H13N3S. The van der Waals surface area contributed by atoms with E-state index in [1.165, 1.54) is 0 Å². The Morgan fingerprint density at radius 2 is 2.38 bits per heavy atom. The second-order valence-corrected chi connectivity index (χ2v) is 5.34. The molecule has 0 aliphatic rings. The van der Waals surface area contributed by atoms with Crippen molar-refractivity contribution >= 4 is 11.3 Å². The fraction of sp³-hybridized carbons (Fsp3) is 0.333. The molecule has 3 nitrogen and oxygen atoms in total. The second-order valence-electron chi connectivity index (χ2n) is 4.40. The number of rotatable bonds is 3. The highest BCUT2D eigenvalue weighted by molar-refractivity contribution is 7.09. The largest absolute Gasteiger partial charge is 0.367 e. The molecule has 0 spiro atoms. The number of aromatic amines is 1. The van der Waals surface area contributed by atoms with E-state index in [4.69, 9.17) is 5.26 Å². The van der Waals surface area contributed by atoms with Gasteiger partial charge in [0.1, 0.15) is 0 Å². The van der Waals surface area contributed by atoms with Crippen molar-refractivity contribution in [3.8, 4) is 17.3 Å². The van der Waals surface area contributed by atoms with Gasteiger partial charge in [-0.2, -0.15) is 5.26 Å². The Balaban J connectivity index is 2.18. The summed E-state index contributed by atoms with van der Waals surface area (Å²) < 4.78 is 0. The standard InChI is InChI=1S/C12H13N3S/c1-12(2,8-13)5-11-15-10(7-16-11)9-3-4-14-6-9/h3-4,6-7,14H,5H2,1-2H3. The fourth-order valence-corrected chi connectivity index (χ4v) is 2.46. The summed E-state index contributed by atoms with van der Waals surface area (Å²) >= 11 is 1.61. The summed E-state index contributed by atoms with van der Waals surface area (Å²) in [5, 5.41) is 12.0. The van der Waals surface area contributed by atoms with Crippen molar-refractivity contribution in [1.82, 2.24) is 9.97 Å². The van der Waals surface area contributed by atoms with Crippen LogP contribution in [0.1, 0.15) is 18.9 Å². The molecule has 0 bridgehead atoms. The van der Waals surface area contributed by atoms with Gasteiger partial charge in [-0.1, -0.05) is 0 Å². The average molecular weight is 231 g/mol. The first-order valence-electron chi connectivity index (χ1n) is 5.09. The monoisotopic (exact) mass is 231 g/mol. The van der Waals surface area contributed by atoms with Gasteiger partial charge in [-0.3, -0.25) is 0 Å². The molecule has 0 aromatic carbocycles. The molecular weight excluding hydrogens is 218 g/mol. The summed E-state index contributed by atoms with van der Waals surface area (Å²) in [5.74, 6) is 0. The van der Waals surface area contributed by atoms with Gasteiger partial charge in [0, 0.05) is 29.8 Å². The van der Waals surface area contributed by atoms with Gasteiger partial charge in [0.2, 0.25) is 0 Å². The first kappa shape index (κ1) is 10.9. The summed E-state index contributed by atoms with van der Waals surface area (Å²) in [5.41, 5.74) is 1.74. The molecule has 4 heteroatoms. The van der Waals surface area contributed by atoms with Crippen LogP contribution in [-0.2, 0) is 6.42 Å². The van der Waals surface area contributed by atoms with Gasteiger partial charge in [-0.15, -0.1) is 11.3 Å². The normalized spacial score (nSPS) is 11.3. The number of H-pyrrole nitrogens is 1. The van der Waals surface area contributed by atoms with Crippen LogP contribution in [0.5, 0.6) is 0 Å². The van der Waals surface area contributed by atoms with Crippen molar-refractivity contribution < 1.29 is 0 Å². The Morgan fingerprint density at radius 3 is 3.00 bits per heavy atom. The van der Waals surface area contributed by atoms with E-state index in [1.54, 1.807) is 11.3 Å². The van der Waals surface area contributed by atoms with Crippen molar-refractivity contribution in [2.45, 2.75) is 20.3 Å². The van der Waals surface area contributed by atoms with E-state index in [0.29, 0.717) is 6.42 Å². The van der Waals surface area contributed by atoms with Crippen LogP contribution in [0.2, 0.25) is 0 Å². The van der Waals surface area contributed by atoms with Crippen LogP contribution in [0.3, 0.4) is 0 Å². The Kier molecular flexibility index (Phi) is 2.80. The molecule has 2 heterocycles. The maximum absolute atomic E-state index is 8.97. The van der Waals surface area contributed by atoms with Gasteiger partial charge in [0.15, 0.2) is 0 Å². The highest BCUT2D eigenvalue weighted by atomic mass is 32.1. The van der Waals surface area contributed by atoms with Crippen LogP contribution >= 0.6 is 11.3 Å². The second kappa shape index (κ2) is 4.11. The number of hydrogen-bond acceptors (Lipinski definition) is 3. The number of nitrogens with zero attached hydrogens (tertiary/aromatic N) is 2. The third-order valence-electron chi connectivity index (χ3n) is 2.34. The first-order chi connectivity index (χ1) is 7.61. The maximum atomic E-state index is 8.97. The zero-order valence-corrected chi connectivity index (χ0v) is 10.1. The minimum Gasteiger partial charge on any atom is -0.367 e. The topological polar surface area (TPSA) is 52.5 Å². The molecule has 2 aromatic heterocycles. The fourth-order valence-electron chi connectivity index (χ4n) is 1.43. The lowest BCUT2D eigenvalue weighted by atomic mass is 9.92. The van der Waals surface area contributed by atoms with E-state index in [0.717, 1.165) is 16.3 Å². The summed E-state index contributed by atoms with van der Waals surface area (Å²) in [7, 11) is 0. The Hall–Kier alpha value is -1.60. The third kappa shape index (κ3) is 2.31. The lowest BCUT2D eigenvalue weighted by Crippen LogP contribution is -2.11. The van der Waals surface area contributed by atoms with Crippen molar-refractivity contribution in [3.63, 3.8) is 0 Å². The molecule has 0 radical (unpaired) electrons. The highest BCUT2D eigenvalue weighted by Gasteiger charge is 2.19.